The van der Waals surface area contributed by atoms with Gasteiger partial charge in [0.25, 0.3) is 5.91 Å². The molecular weight excluding hydrogens is 564 g/mol. The first kappa shape index (κ1) is 28.3. The summed E-state index contributed by atoms with van der Waals surface area (Å²) in [5.41, 5.74) is 3.72. The van der Waals surface area contributed by atoms with E-state index in [1.807, 2.05) is 78.2 Å². The van der Waals surface area contributed by atoms with Crippen LogP contribution >= 0.6 is 11.3 Å². The fraction of sp³-hybridized carbons (Fsp3) is 0.207. The molecule has 2 unspecified atom stereocenters. The normalized spacial score (nSPS) is 20.0. The average molecular weight is 591 g/mol. The molecule has 2 aromatic carbocycles. The van der Waals surface area contributed by atoms with E-state index in [0.717, 1.165) is 9.78 Å². The van der Waals surface area contributed by atoms with Gasteiger partial charge in [-0.05, 0) is 33.7 Å². The third-order valence-corrected chi connectivity index (χ3v) is 8.95. The molecule has 3 aromatic rings. The van der Waals surface area contributed by atoms with Crippen molar-refractivity contribution in [2.75, 3.05) is 5.75 Å². The number of benzene rings is 2. The number of carbonyl (C=O) groups excluding carboxylic acids is 4. The maximum Gasteiger partial charge on any atom is 0.356 e. The zero-order valence-electron chi connectivity index (χ0n) is 21.9. The monoisotopic (exact) mass is 590 g/mol. The van der Waals surface area contributed by atoms with Gasteiger partial charge in [-0.25, -0.2) is 10.2 Å². The van der Waals surface area contributed by atoms with Crippen molar-refractivity contribution in [1.29, 1.82) is 0 Å². The Bertz CT molecular complexity index is 1450. The maximum absolute atomic E-state index is 13.8. The van der Waals surface area contributed by atoms with Crippen LogP contribution in [0, 0.1) is 0 Å². The number of nitrogens with one attached hydrogen (secondary N) is 2. The van der Waals surface area contributed by atoms with Gasteiger partial charge in [-0.2, -0.15) is 5.10 Å². The standard InChI is InChI=1S/C29H26N4O6S2/c1-18(34)32-30-16-21-17-41(38)28-24(31-23(35)15-22-13-8-14-40-22)27(36)33(28)25(21)29(37)39-26(19-9-4-2-5-10-19)20-11-6-3-7-12-20/h2-14,16,24,26,28H,15,17H2,1H3,(H,31,35)(H,32,34)/t24?,28-,41?/m0/s1. The zero-order valence-corrected chi connectivity index (χ0v) is 23.5. The molecule has 10 nitrogen and oxygen atoms in total. The van der Waals surface area contributed by atoms with E-state index in [-0.39, 0.29) is 29.4 Å². The van der Waals surface area contributed by atoms with Crippen LogP contribution in [0.25, 0.3) is 0 Å². The molecule has 0 radical (unpaired) electrons. The Morgan fingerprint density at radius 3 is 2.34 bits per heavy atom. The number of β-lactam (4-membered cyclic amide) rings is 1. The number of hydrogen-bond donors (Lipinski definition) is 2. The van der Waals surface area contributed by atoms with Crippen LogP contribution in [0.15, 0.2) is 94.5 Å². The highest BCUT2D eigenvalue weighted by atomic mass is 32.2. The molecule has 3 amide bonds. The lowest BCUT2D eigenvalue weighted by Crippen LogP contribution is -2.75. The number of ether oxygens (including phenoxy) is 1. The quantitative estimate of drug-likeness (QED) is 0.129. The van der Waals surface area contributed by atoms with Gasteiger partial charge in [0.05, 0.1) is 18.2 Å². The SMILES string of the molecule is CC(=O)NN=CC1=C(C(=O)OC(c2ccccc2)c2ccccc2)N2C(=O)C(NC(=O)Cc3cccs3)[C@@H]2[S+]([O-])C1. The van der Waals surface area contributed by atoms with Gasteiger partial charge in [0.15, 0.2) is 12.1 Å². The Hall–Kier alpha value is -4.26. The molecule has 1 fully saturated rings. The molecule has 1 aromatic heterocycles. The Labute approximate surface area is 243 Å². The molecule has 0 saturated carbocycles. The van der Waals surface area contributed by atoms with Gasteiger partial charge in [0.1, 0.15) is 11.4 Å². The number of fused-ring (bicyclic) bond motifs is 1. The maximum atomic E-state index is 13.8. The largest absolute Gasteiger partial charge is 0.614 e. The van der Waals surface area contributed by atoms with Crippen LogP contribution in [0.3, 0.4) is 0 Å². The van der Waals surface area contributed by atoms with Gasteiger partial charge < -0.3 is 14.6 Å². The van der Waals surface area contributed by atoms with Crippen LogP contribution < -0.4 is 10.7 Å². The highest BCUT2D eigenvalue weighted by molar-refractivity contribution is 7.92. The van der Waals surface area contributed by atoms with Crippen molar-refractivity contribution in [3.63, 3.8) is 0 Å². The third-order valence-electron chi connectivity index (χ3n) is 6.45. The zero-order chi connectivity index (χ0) is 28.9. The summed E-state index contributed by atoms with van der Waals surface area (Å²) < 4.78 is 19.3. The van der Waals surface area contributed by atoms with E-state index in [4.69, 9.17) is 4.74 Å². The lowest BCUT2D eigenvalue weighted by molar-refractivity contribution is -0.155. The van der Waals surface area contributed by atoms with Gasteiger partial charge in [-0.15, -0.1) is 11.3 Å². The second kappa shape index (κ2) is 12.5. The second-order valence-electron chi connectivity index (χ2n) is 9.33. The van der Waals surface area contributed by atoms with Crippen molar-refractivity contribution in [3.05, 3.63) is 105 Å². The number of esters is 1. The van der Waals surface area contributed by atoms with Crippen LogP contribution in [0.5, 0.6) is 0 Å². The summed E-state index contributed by atoms with van der Waals surface area (Å²) in [5.74, 6) is -2.38. The van der Waals surface area contributed by atoms with Crippen molar-refractivity contribution in [1.82, 2.24) is 15.6 Å². The predicted molar refractivity (Wildman–Crippen MR) is 154 cm³/mol. The first-order valence-electron chi connectivity index (χ1n) is 12.7. The topological polar surface area (TPSA) is 140 Å². The summed E-state index contributed by atoms with van der Waals surface area (Å²) in [6, 6.07) is 20.9. The molecule has 210 valence electrons. The van der Waals surface area contributed by atoms with Crippen molar-refractivity contribution in [2.45, 2.75) is 30.9 Å². The summed E-state index contributed by atoms with van der Waals surface area (Å²) in [7, 11) is 0. The summed E-state index contributed by atoms with van der Waals surface area (Å²) in [5, 5.41) is 7.41. The molecule has 5 rings (SSSR count). The van der Waals surface area contributed by atoms with Crippen LogP contribution in [0.1, 0.15) is 29.0 Å². The Kier molecular flexibility index (Phi) is 8.62. The molecular formula is C29H26N4O6S2. The van der Waals surface area contributed by atoms with E-state index < -0.39 is 46.5 Å². The molecule has 2 aliphatic rings. The fourth-order valence-corrected chi connectivity index (χ4v) is 6.96. The highest BCUT2D eigenvalue weighted by Crippen LogP contribution is 2.38. The lowest BCUT2D eigenvalue weighted by atomic mass is 10.0. The molecule has 2 aliphatic heterocycles. The molecule has 0 spiro atoms. The number of carbonyl (C=O) groups is 4. The first-order chi connectivity index (χ1) is 19.8. The summed E-state index contributed by atoms with van der Waals surface area (Å²) in [6.07, 6.45) is 0.479. The second-order valence-corrected chi connectivity index (χ2v) is 11.9. The highest BCUT2D eigenvalue weighted by Gasteiger charge is 2.61. The van der Waals surface area contributed by atoms with E-state index >= 15 is 0 Å². The lowest BCUT2D eigenvalue weighted by Gasteiger charge is -2.49. The summed E-state index contributed by atoms with van der Waals surface area (Å²) >= 11 is -0.262. The molecule has 3 heterocycles. The average Bonchev–Trinajstić information content (AvgIpc) is 3.48. The molecule has 3 atom stereocenters. The van der Waals surface area contributed by atoms with Crippen LogP contribution in [0.4, 0.5) is 0 Å². The summed E-state index contributed by atoms with van der Waals surface area (Å²) in [6.45, 7) is 1.27. The summed E-state index contributed by atoms with van der Waals surface area (Å²) in [4.78, 5) is 53.2. The predicted octanol–water partition coefficient (Wildman–Crippen LogP) is 2.41. The van der Waals surface area contributed by atoms with E-state index in [9.17, 15) is 23.7 Å². The van der Waals surface area contributed by atoms with Crippen LogP contribution in [0.2, 0.25) is 0 Å². The van der Waals surface area contributed by atoms with Crippen molar-refractivity contribution in [3.8, 4) is 0 Å². The number of thiophene rings is 1. The molecule has 0 bridgehead atoms. The Morgan fingerprint density at radius 2 is 1.76 bits per heavy atom. The third kappa shape index (κ3) is 6.24. The van der Waals surface area contributed by atoms with Gasteiger partial charge in [0, 0.05) is 11.8 Å². The van der Waals surface area contributed by atoms with Crippen molar-refractivity contribution in [2.24, 2.45) is 5.10 Å². The first-order valence-corrected chi connectivity index (χ1v) is 15.0. The van der Waals surface area contributed by atoms with Crippen LogP contribution in [-0.2, 0) is 41.5 Å². The van der Waals surface area contributed by atoms with E-state index in [1.165, 1.54) is 24.5 Å². The number of amides is 3. The number of hydrogen-bond acceptors (Lipinski definition) is 8. The smallest absolute Gasteiger partial charge is 0.356 e. The van der Waals surface area contributed by atoms with Crippen LogP contribution in [-0.4, -0.2) is 56.5 Å². The van der Waals surface area contributed by atoms with Gasteiger partial charge >= 0.3 is 5.97 Å². The molecule has 2 N–H and O–H groups in total. The molecule has 1 saturated heterocycles. The van der Waals surface area contributed by atoms with Gasteiger partial charge in [0.2, 0.25) is 17.2 Å². The number of rotatable bonds is 9. The van der Waals surface area contributed by atoms with E-state index in [1.54, 1.807) is 0 Å². The molecule has 41 heavy (non-hydrogen) atoms. The Morgan fingerprint density at radius 1 is 1.10 bits per heavy atom. The molecule has 12 heteroatoms. The Balaban J connectivity index is 1.45. The minimum Gasteiger partial charge on any atom is -0.614 e. The molecule has 0 aliphatic carbocycles. The number of nitrogens with zero attached hydrogens (tertiary/aromatic N) is 2. The number of hydrazone groups is 1. The van der Waals surface area contributed by atoms with Gasteiger partial charge in [-0.1, -0.05) is 66.7 Å². The fourth-order valence-electron chi connectivity index (χ4n) is 4.64. The van der Waals surface area contributed by atoms with Crippen molar-refractivity contribution >= 4 is 52.4 Å². The van der Waals surface area contributed by atoms with E-state index in [0.29, 0.717) is 11.1 Å². The minimum absolute atomic E-state index is 0.0794. The minimum atomic E-state index is -1.68. The van der Waals surface area contributed by atoms with Gasteiger partial charge in [-0.3, -0.25) is 19.3 Å². The van der Waals surface area contributed by atoms with E-state index in [2.05, 4.69) is 15.8 Å². The van der Waals surface area contributed by atoms with Crippen molar-refractivity contribution < 1.29 is 28.5 Å².